The molecule has 1 aliphatic rings. The molecular formula is C10H23NO4. The monoisotopic (exact) mass is 221 g/mol. The van der Waals surface area contributed by atoms with Gasteiger partial charge in [0, 0.05) is 32.8 Å². The van der Waals surface area contributed by atoms with Crippen molar-refractivity contribution in [2.75, 3.05) is 52.7 Å². The maximum atomic E-state index is 8.48. The number of aliphatic hydroxyl groups excluding tert-OH is 3. The van der Waals surface area contributed by atoms with Crippen LogP contribution in [0.5, 0.6) is 0 Å². The highest BCUT2D eigenvalue weighted by molar-refractivity contribution is 4.54. The predicted octanol–water partition coefficient (Wildman–Crippen LogP) is -0.938. The van der Waals surface area contributed by atoms with Crippen molar-refractivity contribution in [1.82, 2.24) is 4.90 Å². The van der Waals surface area contributed by atoms with Crippen LogP contribution in [0.1, 0.15) is 12.8 Å². The SMILES string of the molecule is C1CCOC1.OCCN(CCO)CCO. The molecule has 92 valence electrons. The van der Waals surface area contributed by atoms with E-state index in [1.54, 1.807) is 4.90 Å². The zero-order chi connectivity index (χ0) is 11.4. The average Bonchev–Trinajstić information content (AvgIpc) is 2.77. The summed E-state index contributed by atoms with van der Waals surface area (Å²) < 4.78 is 4.94. The number of ether oxygens (including phenoxy) is 1. The summed E-state index contributed by atoms with van der Waals surface area (Å²) in [4.78, 5) is 1.79. The molecule has 5 nitrogen and oxygen atoms in total. The van der Waals surface area contributed by atoms with E-state index in [4.69, 9.17) is 20.1 Å². The third-order valence-corrected chi connectivity index (χ3v) is 2.08. The van der Waals surface area contributed by atoms with Crippen molar-refractivity contribution in [2.24, 2.45) is 0 Å². The van der Waals surface area contributed by atoms with Crippen molar-refractivity contribution in [3.05, 3.63) is 0 Å². The second-order valence-corrected chi connectivity index (χ2v) is 3.33. The number of rotatable bonds is 6. The lowest BCUT2D eigenvalue weighted by molar-refractivity contribution is 0.136. The summed E-state index contributed by atoms with van der Waals surface area (Å²) in [5.41, 5.74) is 0. The Morgan fingerprint density at radius 2 is 1.20 bits per heavy atom. The number of hydrogen-bond donors (Lipinski definition) is 3. The molecule has 1 aliphatic heterocycles. The van der Waals surface area contributed by atoms with Crippen LogP contribution in [0.3, 0.4) is 0 Å². The van der Waals surface area contributed by atoms with E-state index in [1.807, 2.05) is 0 Å². The maximum Gasteiger partial charge on any atom is 0.0558 e. The summed E-state index contributed by atoms with van der Waals surface area (Å²) in [5, 5.41) is 25.5. The lowest BCUT2D eigenvalue weighted by atomic mass is 10.4. The largest absolute Gasteiger partial charge is 0.395 e. The Balaban J connectivity index is 0.000000322. The van der Waals surface area contributed by atoms with Gasteiger partial charge in [-0.2, -0.15) is 0 Å². The second kappa shape index (κ2) is 11.9. The summed E-state index contributed by atoms with van der Waals surface area (Å²) in [6.07, 6.45) is 2.56. The van der Waals surface area contributed by atoms with Gasteiger partial charge in [-0.1, -0.05) is 0 Å². The molecule has 0 radical (unpaired) electrons. The molecule has 0 aromatic rings. The first-order chi connectivity index (χ1) is 7.35. The predicted molar refractivity (Wildman–Crippen MR) is 57.8 cm³/mol. The Kier molecular flexibility index (Phi) is 11.7. The van der Waals surface area contributed by atoms with Crippen LogP contribution in [0.2, 0.25) is 0 Å². The second-order valence-electron chi connectivity index (χ2n) is 3.33. The van der Waals surface area contributed by atoms with Gasteiger partial charge >= 0.3 is 0 Å². The fourth-order valence-corrected chi connectivity index (χ4v) is 1.27. The molecule has 0 aromatic heterocycles. The van der Waals surface area contributed by atoms with E-state index < -0.39 is 0 Å². The van der Waals surface area contributed by atoms with Gasteiger partial charge in [0.1, 0.15) is 0 Å². The topological polar surface area (TPSA) is 73.2 Å². The summed E-state index contributed by atoms with van der Waals surface area (Å²) in [6.45, 7) is 3.75. The van der Waals surface area contributed by atoms with Crippen LogP contribution in [0.15, 0.2) is 0 Å². The van der Waals surface area contributed by atoms with Crippen molar-refractivity contribution in [2.45, 2.75) is 12.8 Å². The number of aliphatic hydroxyl groups is 3. The van der Waals surface area contributed by atoms with Crippen LogP contribution < -0.4 is 0 Å². The van der Waals surface area contributed by atoms with Gasteiger partial charge in [0.25, 0.3) is 0 Å². The van der Waals surface area contributed by atoms with E-state index in [0.717, 1.165) is 13.2 Å². The average molecular weight is 221 g/mol. The highest BCUT2D eigenvalue weighted by Gasteiger charge is 2.00. The molecule has 0 amide bonds. The van der Waals surface area contributed by atoms with Gasteiger partial charge in [-0.3, -0.25) is 4.90 Å². The van der Waals surface area contributed by atoms with Crippen molar-refractivity contribution < 1.29 is 20.1 Å². The Labute approximate surface area is 91.3 Å². The highest BCUT2D eigenvalue weighted by atomic mass is 16.5. The summed E-state index contributed by atoms with van der Waals surface area (Å²) in [5.74, 6) is 0. The molecule has 0 atom stereocenters. The Morgan fingerprint density at radius 3 is 1.40 bits per heavy atom. The molecule has 15 heavy (non-hydrogen) atoms. The lowest BCUT2D eigenvalue weighted by Gasteiger charge is -2.17. The van der Waals surface area contributed by atoms with E-state index >= 15 is 0 Å². The van der Waals surface area contributed by atoms with Gasteiger partial charge in [0.15, 0.2) is 0 Å². The van der Waals surface area contributed by atoms with Gasteiger partial charge in [0.2, 0.25) is 0 Å². The van der Waals surface area contributed by atoms with Crippen molar-refractivity contribution in [1.29, 1.82) is 0 Å². The Bertz CT molecular complexity index is 98.1. The van der Waals surface area contributed by atoms with Crippen molar-refractivity contribution in [3.63, 3.8) is 0 Å². The summed E-state index contributed by atoms with van der Waals surface area (Å²) in [7, 11) is 0. The number of hydrogen-bond acceptors (Lipinski definition) is 5. The molecule has 0 bridgehead atoms. The van der Waals surface area contributed by atoms with Crippen molar-refractivity contribution in [3.8, 4) is 0 Å². The highest BCUT2D eigenvalue weighted by Crippen LogP contribution is 1.98. The molecule has 1 fully saturated rings. The molecule has 0 saturated carbocycles. The van der Waals surface area contributed by atoms with E-state index in [0.29, 0.717) is 19.6 Å². The summed E-state index contributed by atoms with van der Waals surface area (Å²) >= 11 is 0. The third kappa shape index (κ3) is 10.1. The van der Waals surface area contributed by atoms with Crippen LogP contribution in [-0.2, 0) is 4.74 Å². The molecule has 0 aromatic carbocycles. The minimum absolute atomic E-state index is 0.0694. The van der Waals surface area contributed by atoms with Crippen LogP contribution in [0.25, 0.3) is 0 Å². The van der Waals surface area contributed by atoms with Gasteiger partial charge < -0.3 is 20.1 Å². The first kappa shape index (κ1) is 14.8. The number of nitrogens with zero attached hydrogens (tertiary/aromatic N) is 1. The molecule has 0 spiro atoms. The minimum atomic E-state index is 0.0694. The van der Waals surface area contributed by atoms with E-state index in [2.05, 4.69) is 0 Å². The maximum absolute atomic E-state index is 8.48. The normalized spacial score (nSPS) is 15.2. The Hall–Kier alpha value is -0.200. The van der Waals surface area contributed by atoms with Crippen molar-refractivity contribution >= 4 is 0 Å². The fourth-order valence-electron chi connectivity index (χ4n) is 1.27. The van der Waals surface area contributed by atoms with Gasteiger partial charge in [-0.25, -0.2) is 0 Å². The van der Waals surface area contributed by atoms with Gasteiger partial charge in [0.05, 0.1) is 19.8 Å². The standard InChI is InChI=1S/C6H15NO3.C4H8O/c8-4-1-7(2-5-9)3-6-10;1-2-4-5-3-1/h8-10H,1-6H2;1-4H2. The minimum Gasteiger partial charge on any atom is -0.395 e. The first-order valence-electron chi connectivity index (χ1n) is 5.47. The Morgan fingerprint density at radius 1 is 0.800 bits per heavy atom. The fraction of sp³-hybridized carbons (Fsp3) is 1.00. The molecule has 0 aliphatic carbocycles. The van der Waals surface area contributed by atoms with Crippen LogP contribution in [0.4, 0.5) is 0 Å². The summed E-state index contributed by atoms with van der Waals surface area (Å²) in [6, 6.07) is 0. The quantitative estimate of drug-likeness (QED) is 0.540. The molecule has 1 heterocycles. The molecule has 1 rings (SSSR count). The molecule has 0 unspecified atom stereocenters. The van der Waals surface area contributed by atoms with E-state index in [9.17, 15) is 0 Å². The zero-order valence-corrected chi connectivity index (χ0v) is 9.27. The van der Waals surface area contributed by atoms with Gasteiger partial charge in [-0.15, -0.1) is 0 Å². The zero-order valence-electron chi connectivity index (χ0n) is 9.27. The van der Waals surface area contributed by atoms with E-state index in [1.165, 1.54) is 12.8 Å². The molecule has 5 heteroatoms. The van der Waals surface area contributed by atoms with Crippen LogP contribution >= 0.6 is 0 Å². The smallest absolute Gasteiger partial charge is 0.0558 e. The molecule has 1 saturated heterocycles. The van der Waals surface area contributed by atoms with Crippen LogP contribution in [0, 0.1) is 0 Å². The lowest BCUT2D eigenvalue weighted by Crippen LogP contribution is -2.32. The van der Waals surface area contributed by atoms with Crippen LogP contribution in [-0.4, -0.2) is 72.9 Å². The molecule has 3 N–H and O–H groups in total. The molecular weight excluding hydrogens is 198 g/mol. The van der Waals surface area contributed by atoms with E-state index in [-0.39, 0.29) is 19.8 Å². The first-order valence-corrected chi connectivity index (χ1v) is 5.47. The van der Waals surface area contributed by atoms with Gasteiger partial charge in [-0.05, 0) is 12.8 Å². The third-order valence-electron chi connectivity index (χ3n) is 2.08.